The standard InChI is InChI=1S/C8H12BrNO.C2H6/c1-11-8-6(5-10)3-2-4-7(8)9;1-2/h3H,2,4-5,10H2,1H3;1-2H3. The van der Waals surface area contributed by atoms with Crippen molar-refractivity contribution in [1.29, 1.82) is 0 Å². The van der Waals surface area contributed by atoms with E-state index in [1.807, 2.05) is 13.8 Å². The van der Waals surface area contributed by atoms with Crippen LogP contribution in [0.4, 0.5) is 0 Å². The third kappa shape index (κ3) is 3.53. The maximum atomic E-state index is 5.53. The molecule has 3 heteroatoms. The number of allylic oxidation sites excluding steroid dienone is 2. The number of hydrogen-bond acceptors (Lipinski definition) is 2. The smallest absolute Gasteiger partial charge is 0.133 e. The Kier molecular flexibility index (Phi) is 7.00. The summed E-state index contributed by atoms with van der Waals surface area (Å²) in [6, 6.07) is 0. The zero-order valence-electron chi connectivity index (χ0n) is 8.56. The van der Waals surface area contributed by atoms with E-state index in [-0.39, 0.29) is 0 Å². The van der Waals surface area contributed by atoms with Crippen molar-refractivity contribution < 1.29 is 4.74 Å². The molecule has 0 aromatic heterocycles. The predicted octanol–water partition coefficient (Wildman–Crippen LogP) is 2.94. The van der Waals surface area contributed by atoms with Gasteiger partial charge in [0.1, 0.15) is 5.76 Å². The fourth-order valence-electron chi connectivity index (χ4n) is 1.17. The van der Waals surface area contributed by atoms with Crippen molar-refractivity contribution in [3.8, 4) is 0 Å². The molecule has 0 bridgehead atoms. The van der Waals surface area contributed by atoms with E-state index in [9.17, 15) is 0 Å². The van der Waals surface area contributed by atoms with Gasteiger partial charge in [-0.1, -0.05) is 35.9 Å². The molecule has 0 saturated heterocycles. The largest absolute Gasteiger partial charge is 0.496 e. The molecule has 0 aromatic rings. The molecule has 1 aliphatic rings. The molecule has 0 aliphatic heterocycles. The first-order valence-electron chi connectivity index (χ1n) is 4.61. The highest BCUT2D eigenvalue weighted by Gasteiger charge is 2.12. The molecule has 0 amide bonds. The van der Waals surface area contributed by atoms with Crippen molar-refractivity contribution in [3.05, 3.63) is 21.9 Å². The molecule has 1 rings (SSSR count). The summed E-state index contributed by atoms with van der Waals surface area (Å²) in [7, 11) is 1.67. The molecular formula is C10H18BrNO. The van der Waals surface area contributed by atoms with Crippen LogP contribution in [0.1, 0.15) is 26.7 Å². The first-order valence-corrected chi connectivity index (χ1v) is 5.41. The average molecular weight is 248 g/mol. The number of methoxy groups -OCH3 is 1. The van der Waals surface area contributed by atoms with E-state index in [0.717, 1.165) is 28.7 Å². The maximum Gasteiger partial charge on any atom is 0.133 e. The van der Waals surface area contributed by atoms with Gasteiger partial charge in [0.15, 0.2) is 0 Å². The van der Waals surface area contributed by atoms with Crippen LogP contribution >= 0.6 is 15.9 Å². The lowest BCUT2D eigenvalue weighted by atomic mass is 10.1. The van der Waals surface area contributed by atoms with E-state index < -0.39 is 0 Å². The summed E-state index contributed by atoms with van der Waals surface area (Å²) < 4.78 is 6.32. The normalized spacial score (nSPS) is 15.9. The molecule has 0 unspecified atom stereocenters. The zero-order valence-corrected chi connectivity index (χ0v) is 10.1. The van der Waals surface area contributed by atoms with Crippen molar-refractivity contribution in [2.24, 2.45) is 5.73 Å². The molecule has 76 valence electrons. The molecule has 0 heterocycles. The zero-order chi connectivity index (χ0) is 10.3. The van der Waals surface area contributed by atoms with E-state index in [1.54, 1.807) is 7.11 Å². The van der Waals surface area contributed by atoms with Crippen LogP contribution in [0.2, 0.25) is 0 Å². The van der Waals surface area contributed by atoms with E-state index >= 15 is 0 Å². The number of nitrogens with two attached hydrogens (primary N) is 1. The summed E-state index contributed by atoms with van der Waals surface area (Å²) in [6.45, 7) is 4.55. The van der Waals surface area contributed by atoms with Crippen LogP contribution in [-0.4, -0.2) is 13.7 Å². The van der Waals surface area contributed by atoms with Gasteiger partial charge in [-0.15, -0.1) is 0 Å². The molecule has 2 nitrogen and oxygen atoms in total. The van der Waals surface area contributed by atoms with Crippen molar-refractivity contribution in [3.63, 3.8) is 0 Å². The fraction of sp³-hybridized carbons (Fsp3) is 0.600. The van der Waals surface area contributed by atoms with E-state index in [2.05, 4.69) is 22.0 Å². The summed E-state index contributed by atoms with van der Waals surface area (Å²) in [5.41, 5.74) is 6.63. The monoisotopic (exact) mass is 247 g/mol. The van der Waals surface area contributed by atoms with E-state index in [1.165, 1.54) is 0 Å². The Morgan fingerprint density at radius 2 is 2.15 bits per heavy atom. The van der Waals surface area contributed by atoms with Gasteiger partial charge in [-0.25, -0.2) is 0 Å². The lowest BCUT2D eigenvalue weighted by molar-refractivity contribution is 0.295. The quantitative estimate of drug-likeness (QED) is 0.815. The maximum absolute atomic E-state index is 5.53. The number of ether oxygens (including phenoxy) is 1. The Bertz CT molecular complexity index is 209. The summed E-state index contributed by atoms with van der Waals surface area (Å²) in [5.74, 6) is 0.916. The number of halogens is 1. The molecule has 0 aromatic carbocycles. The molecule has 1 aliphatic carbocycles. The van der Waals surface area contributed by atoms with Crippen molar-refractivity contribution >= 4 is 15.9 Å². The van der Waals surface area contributed by atoms with Gasteiger partial charge in [0.25, 0.3) is 0 Å². The SMILES string of the molecule is CC.COC1=C(Br)CCC=C1CN. The van der Waals surface area contributed by atoms with Gasteiger partial charge in [0.05, 0.1) is 7.11 Å². The fourth-order valence-corrected chi connectivity index (χ4v) is 1.82. The minimum atomic E-state index is 0.554. The second kappa shape index (κ2) is 7.15. The van der Waals surface area contributed by atoms with Gasteiger partial charge in [-0.2, -0.15) is 0 Å². The van der Waals surface area contributed by atoms with Crippen LogP contribution in [0.5, 0.6) is 0 Å². The van der Waals surface area contributed by atoms with E-state index in [4.69, 9.17) is 10.5 Å². The van der Waals surface area contributed by atoms with Gasteiger partial charge in [0.2, 0.25) is 0 Å². The van der Waals surface area contributed by atoms with Crippen LogP contribution in [0.25, 0.3) is 0 Å². The van der Waals surface area contributed by atoms with Crippen LogP contribution < -0.4 is 5.73 Å². The Hall–Kier alpha value is -0.280. The highest BCUT2D eigenvalue weighted by atomic mass is 79.9. The summed E-state index contributed by atoms with van der Waals surface area (Å²) in [5, 5.41) is 0. The number of hydrogen-bond donors (Lipinski definition) is 1. The average Bonchev–Trinajstić information content (AvgIpc) is 2.20. The topological polar surface area (TPSA) is 35.2 Å². The first kappa shape index (κ1) is 12.7. The molecule has 0 spiro atoms. The van der Waals surface area contributed by atoms with Crippen molar-refractivity contribution in [2.45, 2.75) is 26.7 Å². The Morgan fingerprint density at radius 1 is 1.54 bits per heavy atom. The molecule has 0 fully saturated rings. The van der Waals surface area contributed by atoms with Gasteiger partial charge in [-0.05, 0) is 12.8 Å². The van der Waals surface area contributed by atoms with E-state index in [0.29, 0.717) is 6.54 Å². The van der Waals surface area contributed by atoms with Crippen LogP contribution in [-0.2, 0) is 4.74 Å². The second-order valence-electron chi connectivity index (χ2n) is 2.41. The van der Waals surface area contributed by atoms with Crippen LogP contribution in [0.3, 0.4) is 0 Å². The van der Waals surface area contributed by atoms with Crippen molar-refractivity contribution in [2.75, 3.05) is 13.7 Å². The van der Waals surface area contributed by atoms with Gasteiger partial charge in [-0.3, -0.25) is 0 Å². The summed E-state index contributed by atoms with van der Waals surface area (Å²) >= 11 is 3.45. The van der Waals surface area contributed by atoms with Gasteiger partial charge >= 0.3 is 0 Å². The van der Waals surface area contributed by atoms with Gasteiger partial charge in [0, 0.05) is 16.6 Å². The molecular weight excluding hydrogens is 230 g/mol. The lowest BCUT2D eigenvalue weighted by Gasteiger charge is -2.15. The summed E-state index contributed by atoms with van der Waals surface area (Å²) in [6.07, 6.45) is 4.20. The highest BCUT2D eigenvalue weighted by Crippen LogP contribution is 2.28. The van der Waals surface area contributed by atoms with Crippen molar-refractivity contribution in [1.82, 2.24) is 0 Å². The molecule has 0 atom stereocenters. The Labute approximate surface area is 89.0 Å². The third-order valence-electron chi connectivity index (χ3n) is 1.72. The Balaban J connectivity index is 0.000000671. The predicted molar refractivity (Wildman–Crippen MR) is 60.7 cm³/mol. The third-order valence-corrected chi connectivity index (χ3v) is 2.47. The minimum absolute atomic E-state index is 0.554. The highest BCUT2D eigenvalue weighted by molar-refractivity contribution is 9.11. The molecule has 2 N–H and O–H groups in total. The van der Waals surface area contributed by atoms with Gasteiger partial charge < -0.3 is 10.5 Å². The second-order valence-corrected chi connectivity index (χ2v) is 3.37. The Morgan fingerprint density at radius 3 is 2.54 bits per heavy atom. The van der Waals surface area contributed by atoms with Crippen LogP contribution in [0, 0.1) is 0 Å². The minimum Gasteiger partial charge on any atom is -0.496 e. The number of rotatable bonds is 2. The molecule has 0 saturated carbocycles. The first-order chi connectivity index (χ1) is 6.29. The molecule has 0 radical (unpaired) electrons. The van der Waals surface area contributed by atoms with Crippen LogP contribution in [0.15, 0.2) is 21.9 Å². The summed E-state index contributed by atoms with van der Waals surface area (Å²) in [4.78, 5) is 0. The lowest BCUT2D eigenvalue weighted by Crippen LogP contribution is -2.10. The molecule has 13 heavy (non-hydrogen) atoms.